The van der Waals surface area contributed by atoms with E-state index in [1.807, 2.05) is 0 Å². The molecule has 1 saturated carbocycles. The smallest absolute Gasteiger partial charge is 0.255 e. The number of fused-ring (bicyclic) bond motifs is 3. The highest BCUT2D eigenvalue weighted by Gasteiger charge is 2.64. The van der Waals surface area contributed by atoms with Gasteiger partial charge in [-0.25, -0.2) is 0 Å². The molecule has 0 bridgehead atoms. The van der Waals surface area contributed by atoms with Gasteiger partial charge < -0.3 is 36.4 Å². The lowest BCUT2D eigenvalue weighted by Gasteiger charge is -2.50. The van der Waals surface area contributed by atoms with Crippen LogP contribution in [0.1, 0.15) is 30.0 Å². The Labute approximate surface area is 219 Å². The number of hydrogen-bond donors (Lipinski definition) is 6. The molecule has 12 nitrogen and oxygen atoms in total. The zero-order valence-electron chi connectivity index (χ0n) is 21.8. The number of phenolic OH excluding ortho intramolecular Hbond substituents is 1. The second-order valence-corrected chi connectivity index (χ2v) is 10.5. The van der Waals surface area contributed by atoms with Gasteiger partial charge in [0.25, 0.3) is 5.91 Å². The van der Waals surface area contributed by atoms with Gasteiger partial charge in [-0.05, 0) is 44.5 Å². The number of benzene rings is 1. The predicted octanol–water partition coefficient (Wildman–Crippen LogP) is -0.334. The Bertz CT molecular complexity index is 1340. The number of aliphatic hydroxyl groups excluding tert-OH is 2. The minimum Gasteiger partial charge on any atom is -0.508 e. The zero-order chi connectivity index (χ0) is 28.4. The van der Waals surface area contributed by atoms with Gasteiger partial charge in [0.1, 0.15) is 22.8 Å². The first-order valence-corrected chi connectivity index (χ1v) is 12.1. The molecule has 0 saturated heterocycles. The number of nitrogens with two attached hydrogens (primary N) is 1. The molecule has 3 aliphatic carbocycles. The largest absolute Gasteiger partial charge is 0.508 e. The summed E-state index contributed by atoms with van der Waals surface area (Å²) in [4.78, 5) is 53.9. The maximum absolute atomic E-state index is 13.9. The Balaban J connectivity index is 1.97. The van der Waals surface area contributed by atoms with Gasteiger partial charge >= 0.3 is 0 Å². The fraction of sp³-hybridized carbons (Fsp3) is 0.462. The Morgan fingerprint density at radius 3 is 2.32 bits per heavy atom. The van der Waals surface area contributed by atoms with Crippen molar-refractivity contribution in [1.82, 2.24) is 10.2 Å². The number of ketones is 2. The molecular formula is C26H32N4O8. The normalized spacial score (nSPS) is 26.7. The van der Waals surface area contributed by atoms with Crippen molar-refractivity contribution in [3.63, 3.8) is 0 Å². The summed E-state index contributed by atoms with van der Waals surface area (Å²) < 4.78 is 0. The van der Waals surface area contributed by atoms with E-state index in [9.17, 15) is 39.6 Å². The number of carbonyl (C=O) groups excluding carboxylic acids is 4. The number of carbonyl (C=O) groups is 4. The average molecular weight is 529 g/mol. The number of likely N-dealkylation sites (N-methyl/N-ethyl adjacent to an activating group) is 1. The highest BCUT2D eigenvalue weighted by Crippen LogP contribution is 2.54. The predicted molar refractivity (Wildman–Crippen MR) is 136 cm³/mol. The first-order valence-electron chi connectivity index (χ1n) is 12.1. The van der Waals surface area contributed by atoms with E-state index in [0.717, 1.165) is 0 Å². The van der Waals surface area contributed by atoms with E-state index in [2.05, 4.69) is 5.32 Å². The van der Waals surface area contributed by atoms with Gasteiger partial charge in [-0.2, -0.15) is 0 Å². The van der Waals surface area contributed by atoms with Crippen LogP contribution in [0.4, 0.5) is 5.69 Å². The van der Waals surface area contributed by atoms with Gasteiger partial charge in [0.05, 0.1) is 11.6 Å². The fourth-order valence-electron chi connectivity index (χ4n) is 6.10. The molecular weight excluding hydrogens is 496 g/mol. The van der Waals surface area contributed by atoms with Gasteiger partial charge in [0.2, 0.25) is 11.7 Å². The molecule has 0 radical (unpaired) electrons. The topological polar surface area (TPSA) is 194 Å². The van der Waals surface area contributed by atoms with E-state index in [0.29, 0.717) is 16.8 Å². The van der Waals surface area contributed by atoms with Crippen molar-refractivity contribution in [2.24, 2.45) is 17.6 Å². The number of nitrogens with one attached hydrogen (secondary N) is 1. The Morgan fingerprint density at radius 2 is 1.79 bits per heavy atom. The Morgan fingerprint density at radius 1 is 1.16 bits per heavy atom. The second kappa shape index (κ2) is 9.14. The summed E-state index contributed by atoms with van der Waals surface area (Å²) in [6.45, 7) is 1.28. The molecule has 0 heterocycles. The van der Waals surface area contributed by atoms with E-state index < -0.39 is 58.0 Å². The number of primary amides is 1. The molecule has 4 atom stereocenters. The standard InChI is InChI=1S/C26H32N4O8/c1-10(31)28-9-12-8-15(29(2)3)13-6-11-7-14-19(30(4)5)22(34)18(25(27)37)24(36)26(14,38)23(35)16(11)21(33)17(13)20(12)32/h8,11,14,19,32-33,36,38H,6-7,9H2,1-5H3,(H2,27,37)(H,28,31)/t11-,14-,19-,26-/m0/s1. The van der Waals surface area contributed by atoms with Gasteiger partial charge in [-0.15, -0.1) is 0 Å². The van der Waals surface area contributed by atoms with Crippen molar-refractivity contribution in [3.05, 3.63) is 39.7 Å². The number of anilines is 1. The summed E-state index contributed by atoms with van der Waals surface area (Å²) in [5, 5.41) is 47.7. The summed E-state index contributed by atoms with van der Waals surface area (Å²) in [5.41, 5.74) is 3.02. The Hall–Kier alpha value is -3.90. The van der Waals surface area contributed by atoms with E-state index in [-0.39, 0.29) is 42.2 Å². The molecule has 7 N–H and O–H groups in total. The van der Waals surface area contributed by atoms with E-state index in [1.165, 1.54) is 11.8 Å². The van der Waals surface area contributed by atoms with Crippen LogP contribution in [0.5, 0.6) is 5.75 Å². The van der Waals surface area contributed by atoms with Crippen molar-refractivity contribution in [1.29, 1.82) is 0 Å². The van der Waals surface area contributed by atoms with E-state index >= 15 is 0 Å². The highest BCUT2D eigenvalue weighted by atomic mass is 16.3. The number of nitrogens with zero attached hydrogens (tertiary/aromatic N) is 2. The number of aromatic hydroxyl groups is 1. The number of Topliss-reactive ketones (excluding diaryl/α,β-unsaturated/α-hetero) is 2. The molecule has 1 aromatic rings. The third kappa shape index (κ3) is 3.74. The molecule has 4 rings (SSSR count). The van der Waals surface area contributed by atoms with Crippen LogP contribution in [-0.4, -0.2) is 88.5 Å². The van der Waals surface area contributed by atoms with Gasteiger partial charge in [-0.3, -0.25) is 24.1 Å². The molecule has 0 aromatic heterocycles. The number of amides is 2. The minimum absolute atomic E-state index is 0.00698. The lowest BCUT2D eigenvalue weighted by Crippen LogP contribution is -2.65. The molecule has 0 aliphatic heterocycles. The maximum Gasteiger partial charge on any atom is 0.255 e. The molecule has 1 aromatic carbocycles. The van der Waals surface area contributed by atoms with Crippen molar-refractivity contribution < 1.29 is 39.6 Å². The Kier molecular flexibility index (Phi) is 6.53. The molecule has 3 aliphatic rings. The third-order valence-corrected chi connectivity index (χ3v) is 7.79. The van der Waals surface area contributed by atoms with E-state index in [1.54, 1.807) is 39.2 Å². The summed E-state index contributed by atoms with van der Waals surface area (Å²) in [7, 11) is 6.64. The van der Waals surface area contributed by atoms with Crippen LogP contribution in [-0.2, 0) is 32.1 Å². The lowest BCUT2D eigenvalue weighted by atomic mass is 9.57. The van der Waals surface area contributed by atoms with Crippen molar-refractivity contribution in [2.75, 3.05) is 33.1 Å². The minimum atomic E-state index is -2.70. The second-order valence-electron chi connectivity index (χ2n) is 10.5. The van der Waals surface area contributed by atoms with Crippen LogP contribution >= 0.6 is 0 Å². The van der Waals surface area contributed by atoms with Crippen LogP contribution in [0, 0.1) is 11.8 Å². The zero-order valence-corrected chi connectivity index (χ0v) is 21.8. The SMILES string of the molecule is CC(=O)NCc1cc(N(C)C)c2c(c1O)C(O)=C1C(=O)[C@]3(O)C(O)=C(C(N)=O)C(=O)[C@@H](N(C)C)[C@@H]3C[C@@H]1C2. The first-order chi connectivity index (χ1) is 17.6. The fourth-order valence-corrected chi connectivity index (χ4v) is 6.10. The van der Waals surface area contributed by atoms with Crippen LogP contribution in [0.15, 0.2) is 23.0 Å². The molecule has 12 heteroatoms. The van der Waals surface area contributed by atoms with Crippen LogP contribution in [0.3, 0.4) is 0 Å². The molecule has 0 unspecified atom stereocenters. The highest BCUT2D eigenvalue weighted by molar-refractivity contribution is 6.24. The molecule has 1 fully saturated rings. The van der Waals surface area contributed by atoms with E-state index in [4.69, 9.17) is 5.73 Å². The lowest BCUT2D eigenvalue weighted by molar-refractivity contribution is -0.153. The van der Waals surface area contributed by atoms with Crippen molar-refractivity contribution >= 4 is 34.8 Å². The molecule has 0 spiro atoms. The monoisotopic (exact) mass is 528 g/mol. The van der Waals surface area contributed by atoms with Crippen molar-refractivity contribution in [2.45, 2.75) is 38.0 Å². The summed E-state index contributed by atoms with van der Waals surface area (Å²) in [6.07, 6.45) is 0.184. The van der Waals surface area contributed by atoms with Gasteiger partial charge in [-0.1, -0.05) is 0 Å². The number of phenols is 1. The number of hydrogen-bond acceptors (Lipinski definition) is 10. The maximum atomic E-state index is 13.9. The molecule has 2 amide bonds. The number of rotatable bonds is 5. The number of aliphatic hydroxyl groups is 3. The summed E-state index contributed by atoms with van der Waals surface area (Å²) in [5.74, 6) is -7.36. The first kappa shape index (κ1) is 27.1. The van der Waals surface area contributed by atoms with Gasteiger partial charge in [0.15, 0.2) is 11.4 Å². The molecule has 38 heavy (non-hydrogen) atoms. The van der Waals surface area contributed by atoms with Crippen LogP contribution in [0.25, 0.3) is 5.76 Å². The van der Waals surface area contributed by atoms with Gasteiger partial charge in [0, 0.05) is 50.3 Å². The van der Waals surface area contributed by atoms with Crippen LogP contribution < -0.4 is 16.0 Å². The third-order valence-electron chi connectivity index (χ3n) is 7.79. The summed E-state index contributed by atoms with van der Waals surface area (Å²) in [6, 6.07) is 0.540. The summed E-state index contributed by atoms with van der Waals surface area (Å²) >= 11 is 0. The van der Waals surface area contributed by atoms with Crippen LogP contribution in [0.2, 0.25) is 0 Å². The molecule has 204 valence electrons. The average Bonchev–Trinajstić information content (AvgIpc) is 2.80. The van der Waals surface area contributed by atoms with Crippen molar-refractivity contribution in [3.8, 4) is 5.75 Å². The quantitative estimate of drug-likeness (QED) is 0.276.